The Morgan fingerprint density at radius 1 is 1.39 bits per heavy atom. The number of rotatable bonds is 2. The van der Waals surface area contributed by atoms with Gasteiger partial charge in [-0.1, -0.05) is 0 Å². The van der Waals surface area contributed by atoms with Crippen molar-refractivity contribution in [2.75, 3.05) is 0 Å². The number of nitriles is 1. The lowest BCUT2D eigenvalue weighted by atomic mass is 10.0. The van der Waals surface area contributed by atoms with Crippen LogP contribution in [0.5, 0.6) is 5.88 Å². The predicted molar refractivity (Wildman–Crippen MR) is 66.3 cm³/mol. The highest BCUT2D eigenvalue weighted by atomic mass is 16.5. The average molecular weight is 249 g/mol. The molecule has 0 N–H and O–H groups in total. The zero-order valence-electron chi connectivity index (χ0n) is 11.3. The van der Waals surface area contributed by atoms with Gasteiger partial charge in [-0.05, 0) is 20.8 Å². The molecule has 0 saturated carbocycles. The van der Waals surface area contributed by atoms with Crippen LogP contribution in [0.2, 0.25) is 0 Å². The highest BCUT2D eigenvalue weighted by Crippen LogP contribution is 2.27. The maximum Gasteiger partial charge on any atom is 0.230 e. The van der Waals surface area contributed by atoms with E-state index in [9.17, 15) is 0 Å². The Morgan fingerprint density at radius 3 is 2.56 bits per heavy atom. The van der Waals surface area contributed by atoms with Crippen LogP contribution in [0.1, 0.15) is 37.9 Å². The third kappa shape index (κ3) is 2.49. The fourth-order valence-electron chi connectivity index (χ4n) is 2.50. The van der Waals surface area contributed by atoms with Gasteiger partial charge in [-0.15, -0.1) is 0 Å². The van der Waals surface area contributed by atoms with Gasteiger partial charge in [0, 0.05) is 19.9 Å². The topological polar surface area (TPSA) is 60.1 Å². The van der Waals surface area contributed by atoms with Crippen LogP contribution in [0.3, 0.4) is 0 Å². The molecule has 2 heterocycles. The molecule has 1 fully saturated rings. The molecule has 2 unspecified atom stereocenters. The number of aryl methyl sites for hydroxylation is 2. The summed E-state index contributed by atoms with van der Waals surface area (Å²) in [6.45, 7) is 5.91. The Morgan fingerprint density at radius 2 is 2.00 bits per heavy atom. The normalized spacial score (nSPS) is 27.8. The molecule has 98 valence electrons. The van der Waals surface area contributed by atoms with Gasteiger partial charge in [-0.2, -0.15) is 10.4 Å². The van der Waals surface area contributed by atoms with Crippen molar-refractivity contribution in [2.24, 2.45) is 7.05 Å². The zero-order valence-corrected chi connectivity index (χ0v) is 11.3. The van der Waals surface area contributed by atoms with Crippen molar-refractivity contribution >= 4 is 0 Å². The first kappa shape index (κ1) is 12.9. The first-order valence-electron chi connectivity index (χ1n) is 6.27. The smallest absolute Gasteiger partial charge is 0.230 e. The van der Waals surface area contributed by atoms with Crippen molar-refractivity contribution in [2.45, 2.75) is 51.9 Å². The van der Waals surface area contributed by atoms with Crippen molar-refractivity contribution in [3.8, 4) is 11.9 Å². The second-order valence-electron chi connectivity index (χ2n) is 4.97. The van der Waals surface area contributed by atoms with Crippen molar-refractivity contribution < 1.29 is 9.47 Å². The molecule has 0 amide bonds. The average Bonchev–Trinajstić information content (AvgIpc) is 2.52. The van der Waals surface area contributed by atoms with E-state index < -0.39 is 0 Å². The van der Waals surface area contributed by atoms with Crippen LogP contribution >= 0.6 is 0 Å². The van der Waals surface area contributed by atoms with Crippen molar-refractivity contribution in [3.05, 3.63) is 11.3 Å². The molecule has 1 aromatic rings. The largest absolute Gasteiger partial charge is 0.473 e. The molecule has 0 bridgehead atoms. The molecule has 0 aliphatic carbocycles. The van der Waals surface area contributed by atoms with Crippen LogP contribution in [0.4, 0.5) is 0 Å². The number of aromatic nitrogens is 2. The Bertz CT molecular complexity index is 465. The summed E-state index contributed by atoms with van der Waals surface area (Å²) in [5.41, 5.74) is 1.24. The van der Waals surface area contributed by atoms with Gasteiger partial charge in [-0.3, -0.25) is 0 Å². The van der Waals surface area contributed by atoms with Crippen LogP contribution in [0.25, 0.3) is 0 Å². The summed E-state index contributed by atoms with van der Waals surface area (Å²) in [6, 6.07) is 2.16. The minimum atomic E-state index is 0.0886. The summed E-state index contributed by atoms with van der Waals surface area (Å²) in [6.07, 6.45) is 2.17. The molecule has 1 aromatic heterocycles. The molecular weight excluding hydrogens is 230 g/mol. The highest BCUT2D eigenvalue weighted by Gasteiger charge is 2.28. The summed E-state index contributed by atoms with van der Waals surface area (Å²) >= 11 is 0. The van der Waals surface area contributed by atoms with E-state index >= 15 is 0 Å². The van der Waals surface area contributed by atoms with Crippen LogP contribution < -0.4 is 4.74 Å². The zero-order chi connectivity index (χ0) is 13.3. The number of hydrogen-bond donors (Lipinski definition) is 0. The van der Waals surface area contributed by atoms with Crippen LogP contribution in [-0.2, 0) is 11.8 Å². The Balaban J connectivity index is 2.17. The minimum absolute atomic E-state index is 0.0886. The van der Waals surface area contributed by atoms with Gasteiger partial charge in [-0.25, -0.2) is 4.68 Å². The second kappa shape index (κ2) is 4.99. The van der Waals surface area contributed by atoms with Gasteiger partial charge >= 0.3 is 0 Å². The third-order valence-corrected chi connectivity index (χ3v) is 3.21. The van der Waals surface area contributed by atoms with E-state index in [1.807, 2.05) is 20.8 Å². The quantitative estimate of drug-likeness (QED) is 0.803. The van der Waals surface area contributed by atoms with E-state index in [0.29, 0.717) is 17.1 Å². The molecule has 5 nitrogen and oxygen atoms in total. The van der Waals surface area contributed by atoms with Crippen molar-refractivity contribution in [1.82, 2.24) is 9.78 Å². The molecule has 2 atom stereocenters. The maximum absolute atomic E-state index is 9.14. The Kier molecular flexibility index (Phi) is 3.58. The monoisotopic (exact) mass is 249 g/mol. The first-order chi connectivity index (χ1) is 8.51. The fraction of sp³-hybridized carbons (Fsp3) is 0.692. The minimum Gasteiger partial charge on any atom is -0.473 e. The van der Waals surface area contributed by atoms with E-state index in [-0.39, 0.29) is 18.3 Å². The number of hydrogen-bond acceptors (Lipinski definition) is 4. The van der Waals surface area contributed by atoms with E-state index in [2.05, 4.69) is 11.2 Å². The second-order valence-corrected chi connectivity index (χ2v) is 4.97. The number of ether oxygens (including phenoxy) is 2. The molecule has 2 rings (SSSR count). The lowest BCUT2D eigenvalue weighted by Gasteiger charge is -2.32. The highest BCUT2D eigenvalue weighted by molar-refractivity contribution is 5.42. The molecule has 0 spiro atoms. The lowest BCUT2D eigenvalue weighted by Crippen LogP contribution is -2.36. The SMILES string of the molecule is Cc1nn(C)c(OC2CC(C)OC(C)C2)c1C#N. The summed E-state index contributed by atoms with van der Waals surface area (Å²) in [5.74, 6) is 0.571. The summed E-state index contributed by atoms with van der Waals surface area (Å²) in [4.78, 5) is 0. The summed E-state index contributed by atoms with van der Waals surface area (Å²) < 4.78 is 13.3. The molecule has 1 saturated heterocycles. The molecule has 18 heavy (non-hydrogen) atoms. The Hall–Kier alpha value is -1.54. The van der Waals surface area contributed by atoms with Gasteiger partial charge in [0.2, 0.25) is 5.88 Å². The first-order valence-corrected chi connectivity index (χ1v) is 6.27. The van der Waals surface area contributed by atoms with E-state index in [4.69, 9.17) is 14.7 Å². The fourth-order valence-corrected chi connectivity index (χ4v) is 2.50. The van der Waals surface area contributed by atoms with Crippen molar-refractivity contribution in [1.29, 1.82) is 5.26 Å². The van der Waals surface area contributed by atoms with Gasteiger partial charge in [0.25, 0.3) is 0 Å². The van der Waals surface area contributed by atoms with Crippen LogP contribution in [0, 0.1) is 18.3 Å². The molecule has 0 radical (unpaired) electrons. The lowest BCUT2D eigenvalue weighted by molar-refractivity contribution is -0.0737. The predicted octanol–water partition coefficient (Wildman–Crippen LogP) is 1.93. The number of nitrogens with zero attached hydrogens (tertiary/aromatic N) is 3. The van der Waals surface area contributed by atoms with E-state index in [1.165, 1.54) is 0 Å². The maximum atomic E-state index is 9.14. The van der Waals surface area contributed by atoms with Gasteiger partial charge in [0.05, 0.1) is 17.9 Å². The van der Waals surface area contributed by atoms with Crippen LogP contribution in [-0.4, -0.2) is 28.1 Å². The summed E-state index contributed by atoms with van der Waals surface area (Å²) in [7, 11) is 1.80. The standard InChI is InChI=1S/C13H19N3O2/c1-8-5-11(6-9(2)17-8)18-13-12(7-14)10(3)15-16(13)4/h8-9,11H,5-6H2,1-4H3. The third-order valence-electron chi connectivity index (χ3n) is 3.21. The van der Waals surface area contributed by atoms with Gasteiger partial charge in [0.1, 0.15) is 17.7 Å². The molecular formula is C13H19N3O2. The van der Waals surface area contributed by atoms with E-state index in [1.54, 1.807) is 11.7 Å². The molecule has 1 aliphatic heterocycles. The van der Waals surface area contributed by atoms with Crippen LogP contribution in [0.15, 0.2) is 0 Å². The van der Waals surface area contributed by atoms with Gasteiger partial charge in [0.15, 0.2) is 0 Å². The van der Waals surface area contributed by atoms with Gasteiger partial charge < -0.3 is 9.47 Å². The van der Waals surface area contributed by atoms with E-state index in [0.717, 1.165) is 12.8 Å². The molecule has 0 aromatic carbocycles. The molecule has 5 heteroatoms. The summed E-state index contributed by atoms with van der Waals surface area (Å²) in [5, 5.41) is 13.4. The Labute approximate surface area is 107 Å². The molecule has 1 aliphatic rings. The van der Waals surface area contributed by atoms with Crippen molar-refractivity contribution in [3.63, 3.8) is 0 Å².